The highest BCUT2D eigenvalue weighted by Gasteiger charge is 2.52. The average molecular weight is 580 g/mol. The number of hydrogen-bond donors (Lipinski definition) is 1. The molecule has 4 heterocycles. The molecular weight excluding hydrogens is 546 g/mol. The predicted molar refractivity (Wildman–Crippen MR) is 141 cm³/mol. The highest BCUT2D eigenvalue weighted by atomic mass is 32.1. The maximum atomic E-state index is 12.4. The molecule has 4 rings (SSSR count). The first-order valence-electron chi connectivity index (χ1n) is 13.0. The van der Waals surface area contributed by atoms with E-state index >= 15 is 0 Å². The van der Waals surface area contributed by atoms with Gasteiger partial charge < -0.3 is 38.5 Å². The Labute approximate surface area is 236 Å². The molecule has 40 heavy (non-hydrogen) atoms. The van der Waals surface area contributed by atoms with Gasteiger partial charge in [0.25, 0.3) is 5.56 Å². The van der Waals surface area contributed by atoms with Crippen molar-refractivity contribution in [2.75, 3.05) is 19.7 Å². The summed E-state index contributed by atoms with van der Waals surface area (Å²) in [4.78, 5) is 62.0. The van der Waals surface area contributed by atoms with E-state index < -0.39 is 54.5 Å². The molecule has 3 aliphatic rings. The molecule has 0 aromatic carbocycles. The molecule has 14 heteroatoms. The van der Waals surface area contributed by atoms with Crippen LogP contribution in [0.1, 0.15) is 45.7 Å². The van der Waals surface area contributed by atoms with Gasteiger partial charge in [0.2, 0.25) is 0 Å². The lowest BCUT2D eigenvalue weighted by molar-refractivity contribution is -0.255. The van der Waals surface area contributed by atoms with Crippen LogP contribution in [0, 0.1) is 5.92 Å². The van der Waals surface area contributed by atoms with Gasteiger partial charge in [-0.2, -0.15) is 0 Å². The van der Waals surface area contributed by atoms with Crippen molar-refractivity contribution in [3.05, 3.63) is 34.2 Å². The molecule has 0 saturated carbocycles. The number of nitrogens with zero attached hydrogens (tertiary/aromatic N) is 2. The highest BCUT2D eigenvalue weighted by molar-refractivity contribution is 7.80. The molecule has 0 unspecified atom stereocenters. The van der Waals surface area contributed by atoms with Crippen molar-refractivity contribution in [1.29, 1.82) is 0 Å². The topological polar surface area (TPSA) is 152 Å². The van der Waals surface area contributed by atoms with Crippen LogP contribution < -0.4 is 10.9 Å². The maximum Gasteiger partial charge on any atom is 0.303 e. The molecule has 218 valence electrons. The van der Waals surface area contributed by atoms with E-state index in [1.54, 1.807) is 12.1 Å². The molecule has 1 aromatic rings. The number of aromatic nitrogens is 1. The third-order valence-corrected chi connectivity index (χ3v) is 7.40. The van der Waals surface area contributed by atoms with Crippen LogP contribution in [0.3, 0.4) is 0 Å². The number of carbonyl (C=O) groups is 4. The summed E-state index contributed by atoms with van der Waals surface area (Å²) in [5.41, 5.74) is 0.919. The van der Waals surface area contributed by atoms with Crippen molar-refractivity contribution in [1.82, 2.24) is 14.8 Å². The van der Waals surface area contributed by atoms with Gasteiger partial charge in [0.1, 0.15) is 12.7 Å². The second-order valence-electron chi connectivity index (χ2n) is 10.2. The minimum atomic E-state index is -1.29. The van der Waals surface area contributed by atoms with Crippen LogP contribution in [0.15, 0.2) is 23.0 Å². The second kappa shape index (κ2) is 12.3. The first kappa shape index (κ1) is 29.5. The standard InChI is InChI=1S/C26H33N3O10S/c1-13(30)35-12-20-22(36-14(2)31)23(37-15(3)32)24(38-16(4)33)25(39-20)27-26(40)28-9-17-8-18(11-28)19-6-5-7-21(34)29(19)10-17/h5-7,17-18,20,22-25H,8-12H2,1-4H3,(H,27,40)/t17-,18+,20+,22-,23-,24-,25-/m1/s1. The van der Waals surface area contributed by atoms with Gasteiger partial charge in [0.15, 0.2) is 29.7 Å². The number of thiocarbonyl (C=S) groups is 1. The number of ether oxygens (including phenoxy) is 5. The van der Waals surface area contributed by atoms with Crippen molar-refractivity contribution in [3.8, 4) is 0 Å². The fourth-order valence-corrected chi connectivity index (χ4v) is 5.89. The van der Waals surface area contributed by atoms with Crippen LogP contribution in [0.2, 0.25) is 0 Å². The minimum absolute atomic E-state index is 0.0288. The Morgan fingerprint density at radius 2 is 1.57 bits per heavy atom. The lowest BCUT2D eigenvalue weighted by Crippen LogP contribution is -2.67. The van der Waals surface area contributed by atoms with Crippen LogP contribution in [-0.4, -0.2) is 88.8 Å². The zero-order valence-corrected chi connectivity index (χ0v) is 23.5. The first-order chi connectivity index (χ1) is 18.9. The number of nitrogens with one attached hydrogen (secondary N) is 1. The Morgan fingerprint density at radius 3 is 2.23 bits per heavy atom. The summed E-state index contributed by atoms with van der Waals surface area (Å²) in [5, 5.41) is 3.37. The van der Waals surface area contributed by atoms with E-state index in [1.807, 2.05) is 15.5 Å². The number of esters is 4. The van der Waals surface area contributed by atoms with Gasteiger partial charge in [-0.05, 0) is 30.6 Å². The molecule has 1 aromatic heterocycles. The summed E-state index contributed by atoms with van der Waals surface area (Å²) in [6.45, 7) is 6.07. The Kier molecular flexibility index (Phi) is 9.08. The van der Waals surface area contributed by atoms with E-state index in [-0.39, 0.29) is 24.0 Å². The lowest BCUT2D eigenvalue weighted by Gasteiger charge is -2.47. The van der Waals surface area contributed by atoms with Crippen molar-refractivity contribution < 1.29 is 42.9 Å². The van der Waals surface area contributed by atoms with Crippen LogP contribution in [0.4, 0.5) is 0 Å². The van der Waals surface area contributed by atoms with Crippen molar-refractivity contribution in [2.24, 2.45) is 5.92 Å². The van der Waals surface area contributed by atoms with E-state index in [4.69, 9.17) is 35.9 Å². The Bertz CT molecular complexity index is 1240. The first-order valence-corrected chi connectivity index (χ1v) is 13.4. The Balaban J connectivity index is 1.59. The molecule has 1 N–H and O–H groups in total. The summed E-state index contributed by atoms with van der Waals surface area (Å²) < 4.78 is 29.4. The number of carbonyl (C=O) groups excluding carboxylic acids is 4. The Morgan fingerprint density at radius 1 is 0.925 bits per heavy atom. The van der Waals surface area contributed by atoms with Gasteiger partial charge in [0.05, 0.1) is 0 Å². The SMILES string of the molecule is CC(=O)OC[C@@H]1O[C@@H](NC(=S)N2C[C@H]3C[C@@H](C2)c2cccc(=O)n2C3)[C@H](OC(C)=O)[C@H](OC(C)=O)[C@@H]1OC(C)=O. The number of rotatable bonds is 6. The number of hydrogen-bond acceptors (Lipinski definition) is 11. The van der Waals surface area contributed by atoms with Gasteiger partial charge in [0, 0.05) is 65.0 Å². The molecule has 2 fully saturated rings. The molecule has 2 bridgehead atoms. The summed E-state index contributed by atoms with van der Waals surface area (Å²) in [5.74, 6) is -2.46. The van der Waals surface area contributed by atoms with Gasteiger partial charge in [-0.25, -0.2) is 0 Å². The number of piperidine rings is 1. The maximum absolute atomic E-state index is 12.4. The highest BCUT2D eigenvalue weighted by Crippen LogP contribution is 2.35. The third kappa shape index (κ3) is 6.78. The number of likely N-dealkylation sites (tertiary alicyclic amines) is 1. The minimum Gasteiger partial charge on any atom is -0.463 e. The van der Waals surface area contributed by atoms with Crippen LogP contribution in [-0.2, 0) is 49.4 Å². The van der Waals surface area contributed by atoms with Crippen molar-refractivity contribution in [3.63, 3.8) is 0 Å². The van der Waals surface area contributed by atoms with Crippen LogP contribution in [0.5, 0.6) is 0 Å². The second-order valence-corrected chi connectivity index (χ2v) is 10.6. The Hall–Kier alpha value is -3.52. The normalized spacial score (nSPS) is 28.9. The zero-order chi connectivity index (χ0) is 29.1. The molecule has 0 amide bonds. The van der Waals surface area contributed by atoms with E-state index in [2.05, 4.69) is 5.32 Å². The molecule has 13 nitrogen and oxygen atoms in total. The smallest absolute Gasteiger partial charge is 0.303 e. The molecular formula is C26H33N3O10S. The number of fused-ring (bicyclic) bond motifs is 4. The third-order valence-electron chi connectivity index (χ3n) is 7.02. The molecule has 2 saturated heterocycles. The summed E-state index contributed by atoms with van der Waals surface area (Å²) >= 11 is 5.74. The number of pyridine rings is 1. The zero-order valence-electron chi connectivity index (χ0n) is 22.7. The largest absolute Gasteiger partial charge is 0.463 e. The van der Waals surface area contributed by atoms with Crippen LogP contribution >= 0.6 is 12.2 Å². The molecule has 3 aliphatic heterocycles. The quantitative estimate of drug-likeness (QED) is 0.278. The van der Waals surface area contributed by atoms with Gasteiger partial charge in [-0.1, -0.05) is 6.07 Å². The summed E-state index contributed by atoms with van der Waals surface area (Å²) in [7, 11) is 0. The lowest BCUT2D eigenvalue weighted by atomic mass is 9.83. The summed E-state index contributed by atoms with van der Waals surface area (Å²) in [6, 6.07) is 5.25. The molecule has 0 spiro atoms. The van der Waals surface area contributed by atoms with Crippen LogP contribution in [0.25, 0.3) is 0 Å². The fraction of sp³-hybridized carbons (Fsp3) is 0.615. The van der Waals surface area contributed by atoms with Crippen molar-refractivity contribution in [2.45, 2.75) is 77.2 Å². The molecule has 0 radical (unpaired) electrons. The molecule has 7 atom stereocenters. The van der Waals surface area contributed by atoms with E-state index in [0.29, 0.717) is 24.7 Å². The molecule has 0 aliphatic carbocycles. The van der Waals surface area contributed by atoms with E-state index in [0.717, 1.165) is 26.0 Å². The van der Waals surface area contributed by atoms with Gasteiger partial charge in [-0.15, -0.1) is 0 Å². The predicted octanol–water partition coefficient (Wildman–Crippen LogP) is 0.225. The fourth-order valence-electron chi connectivity index (χ4n) is 5.62. The average Bonchev–Trinajstić information content (AvgIpc) is 2.86. The monoisotopic (exact) mass is 579 g/mol. The van der Waals surface area contributed by atoms with Crippen molar-refractivity contribution >= 4 is 41.2 Å². The van der Waals surface area contributed by atoms with Gasteiger partial charge >= 0.3 is 23.9 Å². The van der Waals surface area contributed by atoms with E-state index in [1.165, 1.54) is 13.8 Å². The summed E-state index contributed by atoms with van der Waals surface area (Å²) in [6.07, 6.45) is -5.11. The van der Waals surface area contributed by atoms with E-state index in [9.17, 15) is 24.0 Å². The van der Waals surface area contributed by atoms with Gasteiger partial charge in [-0.3, -0.25) is 24.0 Å².